The van der Waals surface area contributed by atoms with E-state index in [1.165, 1.54) is 4.90 Å². The number of likely N-dealkylation sites (tertiary alicyclic amines) is 1. The maximum Gasteiger partial charge on any atom is 0.326 e. The van der Waals surface area contributed by atoms with Crippen LogP contribution in [0.2, 0.25) is 0 Å². The van der Waals surface area contributed by atoms with Gasteiger partial charge in [-0.3, -0.25) is 9.59 Å². The maximum absolute atomic E-state index is 12.1. The van der Waals surface area contributed by atoms with Gasteiger partial charge in [-0.1, -0.05) is 13.3 Å². The summed E-state index contributed by atoms with van der Waals surface area (Å²) in [7, 11) is 0. The molecule has 0 aromatic rings. The third-order valence-electron chi connectivity index (χ3n) is 3.59. The first-order chi connectivity index (χ1) is 8.86. The van der Waals surface area contributed by atoms with E-state index in [2.05, 4.69) is 0 Å². The van der Waals surface area contributed by atoms with Crippen molar-refractivity contribution in [3.05, 3.63) is 0 Å². The predicted molar refractivity (Wildman–Crippen MR) is 67.9 cm³/mol. The number of hydrogen-bond donors (Lipinski definition) is 3. The zero-order valence-corrected chi connectivity index (χ0v) is 11.0. The molecule has 1 fully saturated rings. The van der Waals surface area contributed by atoms with Gasteiger partial charge in [0.1, 0.15) is 6.04 Å². The standard InChI is InChI=1S/C12H21N3O4/c1-2-7-3-4-15(9(5-7)12(18)19)11(17)8(13)6-10(14)16/h7-9H,2-6,13H2,1H3,(H2,14,16)(H,18,19). The minimum absolute atomic E-state index is 0.265. The average Bonchev–Trinajstić information content (AvgIpc) is 2.36. The van der Waals surface area contributed by atoms with E-state index >= 15 is 0 Å². The van der Waals surface area contributed by atoms with Gasteiger partial charge in [0.25, 0.3) is 0 Å². The first-order valence-electron chi connectivity index (χ1n) is 6.44. The molecule has 7 heteroatoms. The Morgan fingerprint density at radius 2 is 2.05 bits per heavy atom. The van der Waals surface area contributed by atoms with E-state index in [1.807, 2.05) is 6.92 Å². The van der Waals surface area contributed by atoms with Gasteiger partial charge in [-0.2, -0.15) is 0 Å². The summed E-state index contributed by atoms with van der Waals surface area (Å²) in [4.78, 5) is 35.4. The summed E-state index contributed by atoms with van der Waals surface area (Å²) in [6.45, 7) is 2.36. The number of hydrogen-bond acceptors (Lipinski definition) is 4. The molecule has 3 atom stereocenters. The van der Waals surface area contributed by atoms with E-state index in [4.69, 9.17) is 11.5 Å². The van der Waals surface area contributed by atoms with Gasteiger partial charge in [-0.25, -0.2) is 4.79 Å². The largest absolute Gasteiger partial charge is 0.480 e. The Hall–Kier alpha value is -1.63. The number of carboxylic acid groups (broad SMARTS) is 1. The van der Waals surface area contributed by atoms with Gasteiger partial charge >= 0.3 is 5.97 Å². The lowest BCUT2D eigenvalue weighted by molar-refractivity contribution is -0.154. The Bertz CT molecular complexity index is 372. The Balaban J connectivity index is 2.76. The summed E-state index contributed by atoms with van der Waals surface area (Å²) >= 11 is 0. The summed E-state index contributed by atoms with van der Waals surface area (Å²) in [5.41, 5.74) is 10.6. The third-order valence-corrected chi connectivity index (χ3v) is 3.59. The lowest BCUT2D eigenvalue weighted by atomic mass is 9.88. The second-order valence-corrected chi connectivity index (χ2v) is 4.96. The smallest absolute Gasteiger partial charge is 0.326 e. The number of aliphatic carboxylic acids is 1. The average molecular weight is 271 g/mol. The lowest BCUT2D eigenvalue weighted by Gasteiger charge is -2.38. The molecular formula is C12H21N3O4. The summed E-state index contributed by atoms with van der Waals surface area (Å²) < 4.78 is 0. The van der Waals surface area contributed by atoms with Crippen molar-refractivity contribution in [2.24, 2.45) is 17.4 Å². The SMILES string of the molecule is CCC1CCN(C(=O)C(N)CC(N)=O)C(C(=O)O)C1. The van der Waals surface area contributed by atoms with E-state index in [-0.39, 0.29) is 6.42 Å². The highest BCUT2D eigenvalue weighted by molar-refractivity contribution is 5.90. The molecule has 1 aliphatic heterocycles. The number of primary amides is 1. The molecule has 0 aromatic heterocycles. The number of nitrogens with zero attached hydrogens (tertiary/aromatic N) is 1. The van der Waals surface area contributed by atoms with Gasteiger partial charge in [0.2, 0.25) is 11.8 Å². The quantitative estimate of drug-likeness (QED) is 0.609. The third kappa shape index (κ3) is 3.92. The molecule has 0 saturated carbocycles. The molecule has 1 saturated heterocycles. The number of rotatable bonds is 5. The molecular weight excluding hydrogens is 250 g/mol. The second kappa shape index (κ2) is 6.51. The van der Waals surface area contributed by atoms with Crippen molar-refractivity contribution >= 4 is 17.8 Å². The van der Waals surface area contributed by atoms with Crippen LogP contribution in [0, 0.1) is 5.92 Å². The van der Waals surface area contributed by atoms with E-state index in [1.54, 1.807) is 0 Å². The topological polar surface area (TPSA) is 127 Å². The van der Waals surface area contributed by atoms with Gasteiger partial charge in [0.15, 0.2) is 0 Å². The molecule has 0 aromatic carbocycles. The first-order valence-corrected chi connectivity index (χ1v) is 6.44. The summed E-state index contributed by atoms with van der Waals surface area (Å²) in [5.74, 6) is -1.91. The highest BCUT2D eigenvalue weighted by atomic mass is 16.4. The van der Waals surface area contributed by atoms with E-state index in [0.29, 0.717) is 18.9 Å². The number of amides is 2. The van der Waals surface area contributed by atoms with Crippen molar-refractivity contribution in [1.29, 1.82) is 0 Å². The second-order valence-electron chi connectivity index (χ2n) is 4.96. The molecule has 0 bridgehead atoms. The Morgan fingerprint density at radius 3 is 2.53 bits per heavy atom. The molecule has 19 heavy (non-hydrogen) atoms. The lowest BCUT2D eigenvalue weighted by Crippen LogP contribution is -2.55. The van der Waals surface area contributed by atoms with Crippen LogP contribution in [0.1, 0.15) is 32.6 Å². The van der Waals surface area contributed by atoms with E-state index in [9.17, 15) is 19.5 Å². The van der Waals surface area contributed by atoms with Crippen LogP contribution in [-0.4, -0.2) is 46.4 Å². The summed E-state index contributed by atoms with van der Waals surface area (Å²) in [6, 6.07) is -1.91. The minimum atomic E-state index is -1.06. The number of piperidine rings is 1. The zero-order valence-electron chi connectivity index (χ0n) is 11.0. The Morgan fingerprint density at radius 1 is 1.42 bits per heavy atom. The molecule has 1 rings (SSSR count). The monoisotopic (exact) mass is 271 g/mol. The minimum Gasteiger partial charge on any atom is -0.480 e. The van der Waals surface area contributed by atoms with Gasteiger partial charge in [0.05, 0.1) is 12.5 Å². The van der Waals surface area contributed by atoms with Gasteiger partial charge in [-0.05, 0) is 18.8 Å². The van der Waals surface area contributed by atoms with Crippen molar-refractivity contribution in [2.45, 2.75) is 44.7 Å². The van der Waals surface area contributed by atoms with Crippen LogP contribution in [-0.2, 0) is 14.4 Å². The molecule has 108 valence electrons. The number of carboxylic acids is 1. The van der Waals surface area contributed by atoms with Crippen LogP contribution < -0.4 is 11.5 Å². The summed E-state index contributed by atoms with van der Waals surface area (Å²) in [5, 5.41) is 9.21. The van der Waals surface area contributed by atoms with Gasteiger partial charge in [-0.15, -0.1) is 0 Å². The van der Waals surface area contributed by atoms with Crippen molar-refractivity contribution < 1.29 is 19.5 Å². The fourth-order valence-corrected chi connectivity index (χ4v) is 2.42. The highest BCUT2D eigenvalue weighted by Gasteiger charge is 2.37. The fourth-order valence-electron chi connectivity index (χ4n) is 2.42. The molecule has 5 N–H and O–H groups in total. The predicted octanol–water partition coefficient (Wildman–Crippen LogP) is -0.709. The molecule has 0 spiro atoms. The van der Waals surface area contributed by atoms with Crippen molar-refractivity contribution in [3.8, 4) is 0 Å². The van der Waals surface area contributed by atoms with Crippen LogP contribution in [0.15, 0.2) is 0 Å². The molecule has 1 aliphatic rings. The number of carbonyl (C=O) groups excluding carboxylic acids is 2. The first kappa shape index (κ1) is 15.4. The molecule has 1 heterocycles. The normalized spacial score (nSPS) is 24.8. The Kier molecular flexibility index (Phi) is 5.29. The van der Waals surface area contributed by atoms with Gasteiger partial charge < -0.3 is 21.5 Å². The molecule has 3 unspecified atom stereocenters. The number of nitrogens with two attached hydrogens (primary N) is 2. The van der Waals surface area contributed by atoms with Crippen LogP contribution in [0.4, 0.5) is 0 Å². The van der Waals surface area contributed by atoms with Crippen LogP contribution in [0.25, 0.3) is 0 Å². The summed E-state index contributed by atoms with van der Waals surface area (Å²) in [6.07, 6.45) is 1.81. The molecule has 0 radical (unpaired) electrons. The maximum atomic E-state index is 12.1. The van der Waals surface area contributed by atoms with Crippen molar-refractivity contribution in [1.82, 2.24) is 4.90 Å². The zero-order chi connectivity index (χ0) is 14.6. The van der Waals surface area contributed by atoms with Crippen LogP contribution in [0.3, 0.4) is 0 Å². The van der Waals surface area contributed by atoms with E-state index < -0.39 is 29.9 Å². The number of carbonyl (C=O) groups is 3. The highest BCUT2D eigenvalue weighted by Crippen LogP contribution is 2.26. The Labute approximate surface area is 111 Å². The van der Waals surface area contributed by atoms with Crippen molar-refractivity contribution in [2.75, 3.05) is 6.54 Å². The van der Waals surface area contributed by atoms with Gasteiger partial charge in [0, 0.05) is 6.54 Å². The van der Waals surface area contributed by atoms with E-state index in [0.717, 1.165) is 12.8 Å². The molecule has 7 nitrogen and oxygen atoms in total. The fraction of sp³-hybridized carbons (Fsp3) is 0.750. The molecule has 2 amide bonds. The van der Waals surface area contributed by atoms with Crippen molar-refractivity contribution in [3.63, 3.8) is 0 Å². The molecule has 0 aliphatic carbocycles. The van der Waals surface area contributed by atoms with Crippen LogP contribution in [0.5, 0.6) is 0 Å². The van der Waals surface area contributed by atoms with Crippen LogP contribution >= 0.6 is 0 Å².